The molecule has 23 heavy (non-hydrogen) atoms. The monoisotopic (exact) mass is 314 g/mol. The molecular weight excluding hydrogens is 284 g/mol. The molecule has 4 aliphatic rings. The van der Waals surface area contributed by atoms with Crippen LogP contribution in [0, 0.1) is 28.6 Å². The molecule has 1 N–H and O–H groups in total. The van der Waals surface area contributed by atoms with E-state index in [0.29, 0.717) is 24.0 Å². The van der Waals surface area contributed by atoms with Gasteiger partial charge < -0.3 is 5.11 Å². The standard InChI is InChI=1S/C21H30O2/c1-4-13-6-8-17-16-7-5-14-11-15(22)9-10-20(14,2)19(16)18(23)12-21(13,17)3/h4,11,16-19,23H,5-10,12H2,1-3H3/t16-,17-,18-,19+,20-,21+/m0/s1. The molecule has 0 saturated heterocycles. The second-order valence-electron chi connectivity index (χ2n) is 8.93. The number of fused-ring (bicyclic) bond motifs is 5. The number of hydrogen-bond donors (Lipinski definition) is 1. The number of aliphatic hydroxyl groups is 1. The minimum Gasteiger partial charge on any atom is -0.393 e. The van der Waals surface area contributed by atoms with Crippen molar-refractivity contribution < 1.29 is 9.90 Å². The van der Waals surface area contributed by atoms with E-state index in [-0.39, 0.29) is 16.9 Å². The van der Waals surface area contributed by atoms with Gasteiger partial charge >= 0.3 is 0 Å². The molecule has 3 saturated carbocycles. The highest BCUT2D eigenvalue weighted by atomic mass is 16.3. The van der Waals surface area contributed by atoms with Gasteiger partial charge in [-0.1, -0.05) is 31.1 Å². The summed E-state index contributed by atoms with van der Waals surface area (Å²) in [4.78, 5) is 11.9. The Hall–Kier alpha value is -0.890. The molecule has 126 valence electrons. The van der Waals surface area contributed by atoms with Gasteiger partial charge in [0.05, 0.1) is 6.10 Å². The molecule has 0 aromatic rings. The number of hydrogen-bond acceptors (Lipinski definition) is 2. The lowest BCUT2D eigenvalue weighted by Crippen LogP contribution is -2.55. The Morgan fingerprint density at radius 3 is 2.70 bits per heavy atom. The zero-order valence-electron chi connectivity index (χ0n) is 14.8. The average Bonchev–Trinajstić information content (AvgIpc) is 2.83. The summed E-state index contributed by atoms with van der Waals surface area (Å²) in [6.07, 6.45) is 11.2. The summed E-state index contributed by atoms with van der Waals surface area (Å²) < 4.78 is 0. The largest absolute Gasteiger partial charge is 0.393 e. The van der Waals surface area contributed by atoms with Crippen LogP contribution in [0.4, 0.5) is 0 Å². The second-order valence-corrected chi connectivity index (χ2v) is 8.93. The van der Waals surface area contributed by atoms with Gasteiger partial charge in [-0.05, 0) is 80.1 Å². The van der Waals surface area contributed by atoms with Crippen LogP contribution < -0.4 is 0 Å². The molecule has 6 atom stereocenters. The lowest BCUT2D eigenvalue weighted by Gasteiger charge is -2.59. The minimum atomic E-state index is -0.226. The Bertz CT molecular complexity index is 601. The first-order valence-corrected chi connectivity index (χ1v) is 9.48. The zero-order chi connectivity index (χ0) is 16.4. The van der Waals surface area contributed by atoms with Gasteiger partial charge in [-0.2, -0.15) is 0 Å². The van der Waals surface area contributed by atoms with Gasteiger partial charge in [0.1, 0.15) is 0 Å². The summed E-state index contributed by atoms with van der Waals surface area (Å²) in [6, 6.07) is 0. The summed E-state index contributed by atoms with van der Waals surface area (Å²) in [5.74, 6) is 1.99. The maximum atomic E-state index is 11.9. The molecule has 2 heteroatoms. The molecule has 0 spiro atoms. The number of carbonyl (C=O) groups is 1. The van der Waals surface area contributed by atoms with E-state index < -0.39 is 0 Å². The molecular formula is C21H30O2. The SMILES string of the molecule is CC=C1CC[C@H]2[C@@H]3CCC4=CC(=O)CC[C@]4(C)[C@H]3[C@@H](O)C[C@]12C. The number of aliphatic hydroxyl groups excluding tert-OH is 1. The Labute approximate surface area is 140 Å². The normalized spacial score (nSPS) is 51.0. The van der Waals surface area contributed by atoms with E-state index in [1.807, 2.05) is 6.08 Å². The van der Waals surface area contributed by atoms with Crippen LogP contribution in [0.1, 0.15) is 65.7 Å². The van der Waals surface area contributed by atoms with Crippen LogP contribution in [0.2, 0.25) is 0 Å². The molecule has 4 aliphatic carbocycles. The fraction of sp³-hybridized carbons (Fsp3) is 0.762. The van der Waals surface area contributed by atoms with Crippen molar-refractivity contribution in [2.45, 2.75) is 71.8 Å². The van der Waals surface area contributed by atoms with Gasteiger partial charge in [0.2, 0.25) is 0 Å². The maximum absolute atomic E-state index is 11.9. The van der Waals surface area contributed by atoms with Gasteiger partial charge in [0.15, 0.2) is 5.78 Å². The quantitative estimate of drug-likeness (QED) is 0.671. The molecule has 0 unspecified atom stereocenters. The lowest BCUT2D eigenvalue weighted by molar-refractivity contribution is -0.124. The third-order valence-electron chi connectivity index (χ3n) is 8.09. The Kier molecular flexibility index (Phi) is 3.43. The van der Waals surface area contributed by atoms with Crippen molar-refractivity contribution in [1.82, 2.24) is 0 Å². The Morgan fingerprint density at radius 2 is 1.96 bits per heavy atom. The number of ketones is 1. The minimum absolute atomic E-state index is 0.0518. The van der Waals surface area contributed by atoms with E-state index in [1.165, 1.54) is 18.4 Å². The molecule has 0 aliphatic heterocycles. The van der Waals surface area contributed by atoms with Crippen LogP contribution >= 0.6 is 0 Å². The van der Waals surface area contributed by atoms with Crippen LogP contribution in [0.15, 0.2) is 23.3 Å². The van der Waals surface area contributed by atoms with Gasteiger partial charge in [-0.3, -0.25) is 4.79 Å². The summed E-state index contributed by atoms with van der Waals surface area (Å²) in [6.45, 7) is 6.90. The molecule has 0 bridgehead atoms. The molecule has 0 aromatic carbocycles. The summed E-state index contributed by atoms with van der Waals surface area (Å²) >= 11 is 0. The highest BCUT2D eigenvalue weighted by molar-refractivity contribution is 5.91. The van der Waals surface area contributed by atoms with Crippen LogP contribution in [0.3, 0.4) is 0 Å². The van der Waals surface area contributed by atoms with Crippen molar-refractivity contribution in [1.29, 1.82) is 0 Å². The van der Waals surface area contributed by atoms with E-state index in [4.69, 9.17) is 0 Å². The number of rotatable bonds is 0. The fourth-order valence-corrected chi connectivity index (χ4v) is 7.01. The summed E-state index contributed by atoms with van der Waals surface area (Å²) in [7, 11) is 0. The van der Waals surface area contributed by atoms with E-state index in [2.05, 4.69) is 26.8 Å². The predicted octanol–water partition coefficient (Wildman–Crippen LogP) is 4.44. The molecule has 0 heterocycles. The maximum Gasteiger partial charge on any atom is 0.155 e. The van der Waals surface area contributed by atoms with E-state index >= 15 is 0 Å². The van der Waals surface area contributed by atoms with Crippen molar-refractivity contribution in [3.63, 3.8) is 0 Å². The first kappa shape index (κ1) is 15.6. The third-order valence-corrected chi connectivity index (χ3v) is 8.09. The molecule has 0 amide bonds. The lowest BCUT2D eigenvalue weighted by atomic mass is 9.46. The van der Waals surface area contributed by atoms with Gasteiger partial charge in [0, 0.05) is 6.42 Å². The second kappa shape index (κ2) is 5.05. The van der Waals surface area contributed by atoms with Crippen LogP contribution in [0.5, 0.6) is 0 Å². The predicted molar refractivity (Wildman–Crippen MR) is 91.9 cm³/mol. The highest BCUT2D eigenvalue weighted by Crippen LogP contribution is 2.66. The van der Waals surface area contributed by atoms with Crippen molar-refractivity contribution in [2.24, 2.45) is 28.6 Å². The third kappa shape index (κ3) is 2.00. The molecule has 0 aromatic heterocycles. The fourth-order valence-electron chi connectivity index (χ4n) is 7.01. The van der Waals surface area contributed by atoms with Crippen LogP contribution in [-0.2, 0) is 4.79 Å². The van der Waals surface area contributed by atoms with Crippen LogP contribution in [-0.4, -0.2) is 17.0 Å². The van der Waals surface area contributed by atoms with E-state index in [1.54, 1.807) is 5.57 Å². The summed E-state index contributed by atoms with van der Waals surface area (Å²) in [5.41, 5.74) is 3.17. The van der Waals surface area contributed by atoms with Crippen molar-refractivity contribution in [3.8, 4) is 0 Å². The summed E-state index contributed by atoms with van der Waals surface area (Å²) in [5, 5.41) is 11.2. The number of carbonyl (C=O) groups excluding carboxylic acids is 1. The van der Waals surface area contributed by atoms with Crippen molar-refractivity contribution in [3.05, 3.63) is 23.3 Å². The average molecular weight is 314 g/mol. The smallest absolute Gasteiger partial charge is 0.155 e. The van der Waals surface area contributed by atoms with Gasteiger partial charge in [-0.15, -0.1) is 0 Å². The van der Waals surface area contributed by atoms with Gasteiger partial charge in [0.25, 0.3) is 0 Å². The first-order valence-electron chi connectivity index (χ1n) is 9.48. The van der Waals surface area contributed by atoms with E-state index in [0.717, 1.165) is 31.6 Å². The van der Waals surface area contributed by atoms with Crippen molar-refractivity contribution >= 4 is 5.78 Å². The Balaban J connectivity index is 1.75. The molecule has 4 rings (SSSR count). The highest BCUT2D eigenvalue weighted by Gasteiger charge is 2.60. The van der Waals surface area contributed by atoms with Crippen molar-refractivity contribution in [2.75, 3.05) is 0 Å². The topological polar surface area (TPSA) is 37.3 Å². The first-order chi connectivity index (χ1) is 10.9. The molecule has 2 nitrogen and oxygen atoms in total. The van der Waals surface area contributed by atoms with Gasteiger partial charge in [-0.25, -0.2) is 0 Å². The number of allylic oxidation sites excluding steroid dienone is 3. The van der Waals surface area contributed by atoms with E-state index in [9.17, 15) is 9.90 Å². The Morgan fingerprint density at radius 1 is 1.17 bits per heavy atom. The van der Waals surface area contributed by atoms with Crippen LogP contribution in [0.25, 0.3) is 0 Å². The molecule has 3 fully saturated rings. The molecule has 0 radical (unpaired) electrons. The zero-order valence-corrected chi connectivity index (χ0v) is 14.8.